The zero-order chi connectivity index (χ0) is 15.9. The van der Waals surface area contributed by atoms with E-state index < -0.39 is 0 Å². The van der Waals surface area contributed by atoms with Gasteiger partial charge < -0.3 is 14.8 Å². The second-order valence-electron chi connectivity index (χ2n) is 6.17. The molecular weight excluding hydrogens is 290 g/mol. The molecule has 1 aliphatic rings. The highest BCUT2D eigenvalue weighted by Crippen LogP contribution is 2.28. The van der Waals surface area contributed by atoms with E-state index in [1.165, 1.54) is 22.5 Å². The molecule has 0 fully saturated rings. The van der Waals surface area contributed by atoms with Gasteiger partial charge in [0.25, 0.3) is 0 Å². The Balaban J connectivity index is 1.80. The van der Waals surface area contributed by atoms with E-state index in [1.807, 2.05) is 0 Å². The number of thiocarbonyl (C=S) groups is 1. The highest BCUT2D eigenvalue weighted by molar-refractivity contribution is 7.80. The topological polar surface area (TPSA) is 20.2 Å². The summed E-state index contributed by atoms with van der Waals surface area (Å²) in [5.41, 5.74) is 6.24. The first-order chi connectivity index (χ1) is 10.5. The first kappa shape index (κ1) is 15.1. The molecule has 3 rings (SSSR count). The van der Waals surface area contributed by atoms with Crippen molar-refractivity contribution < 1.29 is 0 Å². The quantitative estimate of drug-likeness (QED) is 0.797. The van der Waals surface area contributed by atoms with Gasteiger partial charge in [0.1, 0.15) is 0 Å². The molecule has 3 nitrogen and oxygen atoms in total. The van der Waals surface area contributed by atoms with Crippen molar-refractivity contribution >= 4 is 23.0 Å². The highest BCUT2D eigenvalue weighted by Gasteiger charge is 2.26. The van der Waals surface area contributed by atoms with E-state index in [-0.39, 0.29) is 0 Å². The lowest BCUT2D eigenvalue weighted by Gasteiger charge is -2.37. The Bertz CT molecular complexity index is 717. The maximum absolute atomic E-state index is 5.68. The summed E-state index contributed by atoms with van der Waals surface area (Å²) in [5, 5.41) is 4.25. The number of hydrogen-bond donors (Lipinski definition) is 1. The molecule has 1 aromatic carbocycles. The monoisotopic (exact) mass is 313 g/mol. The van der Waals surface area contributed by atoms with Gasteiger partial charge in [0, 0.05) is 30.2 Å². The van der Waals surface area contributed by atoms with Gasteiger partial charge in [-0.25, -0.2) is 0 Å². The van der Waals surface area contributed by atoms with Crippen LogP contribution in [0.1, 0.15) is 35.5 Å². The second kappa shape index (κ2) is 5.76. The minimum Gasteiger partial charge on any atom is -0.345 e. The SMILES string of the molecule is Cc1ccc(C)c(NC(=S)N2CCn3c(C)ccc3[C@@H]2C)c1. The molecule has 2 heterocycles. The Morgan fingerprint density at radius 3 is 2.68 bits per heavy atom. The van der Waals surface area contributed by atoms with Crippen molar-refractivity contribution in [1.29, 1.82) is 0 Å². The predicted octanol–water partition coefficient (Wildman–Crippen LogP) is 4.19. The zero-order valence-corrected chi connectivity index (χ0v) is 14.5. The summed E-state index contributed by atoms with van der Waals surface area (Å²) in [4.78, 5) is 2.28. The second-order valence-corrected chi connectivity index (χ2v) is 6.56. The molecule has 4 heteroatoms. The normalized spacial score (nSPS) is 17.3. The van der Waals surface area contributed by atoms with Crippen LogP contribution in [0.15, 0.2) is 30.3 Å². The van der Waals surface area contributed by atoms with Crippen LogP contribution >= 0.6 is 12.2 Å². The predicted molar refractivity (Wildman–Crippen MR) is 96.4 cm³/mol. The van der Waals surface area contributed by atoms with Gasteiger partial charge in [-0.1, -0.05) is 12.1 Å². The maximum atomic E-state index is 5.68. The minimum absolute atomic E-state index is 0.299. The van der Waals surface area contributed by atoms with Crippen LogP contribution < -0.4 is 5.32 Å². The van der Waals surface area contributed by atoms with E-state index in [2.05, 4.69) is 72.8 Å². The zero-order valence-electron chi connectivity index (χ0n) is 13.7. The fourth-order valence-corrected chi connectivity index (χ4v) is 3.52. The van der Waals surface area contributed by atoms with Gasteiger partial charge in [0.2, 0.25) is 0 Å². The van der Waals surface area contributed by atoms with E-state index in [0.717, 1.165) is 23.9 Å². The highest BCUT2D eigenvalue weighted by atomic mass is 32.1. The van der Waals surface area contributed by atoms with Crippen molar-refractivity contribution in [3.63, 3.8) is 0 Å². The third kappa shape index (κ3) is 2.63. The number of aromatic nitrogens is 1. The molecule has 0 aliphatic carbocycles. The van der Waals surface area contributed by atoms with Crippen LogP contribution in [-0.2, 0) is 6.54 Å². The number of fused-ring (bicyclic) bond motifs is 1. The van der Waals surface area contributed by atoms with Gasteiger partial charge in [-0.2, -0.15) is 0 Å². The lowest BCUT2D eigenvalue weighted by Crippen LogP contribution is -2.43. The Morgan fingerprint density at radius 2 is 1.91 bits per heavy atom. The molecule has 2 aromatic rings. The summed E-state index contributed by atoms with van der Waals surface area (Å²) in [6.07, 6.45) is 0. The minimum atomic E-state index is 0.299. The van der Waals surface area contributed by atoms with Crippen LogP contribution in [0.3, 0.4) is 0 Å². The number of aryl methyl sites for hydroxylation is 3. The van der Waals surface area contributed by atoms with Crippen molar-refractivity contribution in [3.05, 3.63) is 52.8 Å². The summed E-state index contributed by atoms with van der Waals surface area (Å²) in [7, 11) is 0. The standard InChI is InChI=1S/C18H23N3S/c1-12-5-6-13(2)16(11-12)19-18(22)21-10-9-20-14(3)7-8-17(20)15(21)4/h5-8,11,15H,9-10H2,1-4H3,(H,19,22)/t15-/m0/s1. The van der Waals surface area contributed by atoms with Crippen LogP contribution in [0.4, 0.5) is 5.69 Å². The van der Waals surface area contributed by atoms with Crippen molar-refractivity contribution in [2.45, 2.75) is 40.3 Å². The summed E-state index contributed by atoms with van der Waals surface area (Å²) < 4.78 is 2.39. The van der Waals surface area contributed by atoms with Crippen molar-refractivity contribution in [3.8, 4) is 0 Å². The average molecular weight is 313 g/mol. The molecule has 22 heavy (non-hydrogen) atoms. The Kier molecular flexibility index (Phi) is 3.96. The molecule has 0 spiro atoms. The van der Waals surface area contributed by atoms with Crippen LogP contribution in [0.2, 0.25) is 0 Å². The van der Waals surface area contributed by atoms with Gasteiger partial charge >= 0.3 is 0 Å². The maximum Gasteiger partial charge on any atom is 0.174 e. The first-order valence-electron chi connectivity index (χ1n) is 7.78. The van der Waals surface area contributed by atoms with E-state index in [1.54, 1.807) is 0 Å². The number of benzene rings is 1. The third-order valence-electron chi connectivity index (χ3n) is 4.59. The number of hydrogen-bond acceptors (Lipinski definition) is 1. The molecule has 0 unspecified atom stereocenters. The van der Waals surface area contributed by atoms with Crippen LogP contribution in [-0.4, -0.2) is 21.1 Å². The first-order valence-corrected chi connectivity index (χ1v) is 8.19. The fraction of sp³-hybridized carbons (Fsp3) is 0.389. The molecule has 0 saturated heterocycles. The Morgan fingerprint density at radius 1 is 1.14 bits per heavy atom. The molecule has 1 atom stereocenters. The lowest BCUT2D eigenvalue weighted by molar-refractivity contribution is 0.274. The van der Waals surface area contributed by atoms with Gasteiger partial charge in [0.15, 0.2) is 5.11 Å². The van der Waals surface area contributed by atoms with Gasteiger partial charge in [-0.3, -0.25) is 0 Å². The van der Waals surface area contributed by atoms with Crippen LogP contribution in [0, 0.1) is 20.8 Å². The molecule has 0 amide bonds. The Labute approximate surface area is 137 Å². The lowest BCUT2D eigenvalue weighted by atomic mass is 10.1. The van der Waals surface area contributed by atoms with Gasteiger partial charge in [0.05, 0.1) is 6.04 Å². The molecule has 0 saturated carbocycles. The van der Waals surface area contributed by atoms with Crippen molar-refractivity contribution in [2.75, 3.05) is 11.9 Å². The van der Waals surface area contributed by atoms with E-state index in [0.29, 0.717) is 6.04 Å². The Hall–Kier alpha value is -1.81. The number of nitrogens with zero attached hydrogens (tertiary/aromatic N) is 2. The molecule has 1 aromatic heterocycles. The molecular formula is C18H23N3S. The molecule has 1 N–H and O–H groups in total. The van der Waals surface area contributed by atoms with Crippen molar-refractivity contribution in [1.82, 2.24) is 9.47 Å². The largest absolute Gasteiger partial charge is 0.345 e. The average Bonchev–Trinajstić information content (AvgIpc) is 2.86. The van der Waals surface area contributed by atoms with E-state index in [4.69, 9.17) is 12.2 Å². The number of rotatable bonds is 1. The van der Waals surface area contributed by atoms with Gasteiger partial charge in [-0.15, -0.1) is 0 Å². The summed E-state index contributed by atoms with van der Waals surface area (Å²) in [6.45, 7) is 10.5. The van der Waals surface area contributed by atoms with Gasteiger partial charge in [-0.05, 0) is 69.2 Å². The summed E-state index contributed by atoms with van der Waals surface area (Å²) in [5.74, 6) is 0. The number of anilines is 1. The van der Waals surface area contributed by atoms with E-state index in [9.17, 15) is 0 Å². The van der Waals surface area contributed by atoms with Crippen LogP contribution in [0.5, 0.6) is 0 Å². The third-order valence-corrected chi connectivity index (χ3v) is 4.92. The summed E-state index contributed by atoms with van der Waals surface area (Å²) >= 11 is 5.68. The fourth-order valence-electron chi connectivity index (χ4n) is 3.16. The van der Waals surface area contributed by atoms with E-state index >= 15 is 0 Å². The molecule has 0 radical (unpaired) electrons. The molecule has 1 aliphatic heterocycles. The van der Waals surface area contributed by atoms with Crippen molar-refractivity contribution in [2.24, 2.45) is 0 Å². The summed E-state index contributed by atoms with van der Waals surface area (Å²) in [6, 6.07) is 11.1. The molecule has 0 bridgehead atoms. The van der Waals surface area contributed by atoms with Crippen LogP contribution in [0.25, 0.3) is 0 Å². The number of nitrogens with one attached hydrogen (secondary N) is 1. The smallest absolute Gasteiger partial charge is 0.174 e. The molecule has 116 valence electrons.